The molecule has 12 heteroatoms. The average molecular weight is 669 g/mol. The van der Waals surface area contributed by atoms with Crippen LogP contribution in [0.25, 0.3) is 0 Å². The highest BCUT2D eigenvalue weighted by Gasteiger charge is 1.70. The van der Waals surface area contributed by atoms with Crippen molar-refractivity contribution in [2.24, 2.45) is 29.6 Å². The van der Waals surface area contributed by atoms with Crippen molar-refractivity contribution in [1.29, 1.82) is 0 Å². The Labute approximate surface area is 283 Å². The van der Waals surface area contributed by atoms with Crippen molar-refractivity contribution in [2.45, 2.75) is 104 Å². The summed E-state index contributed by atoms with van der Waals surface area (Å²) < 4.78 is 8.69. The summed E-state index contributed by atoms with van der Waals surface area (Å²) in [5, 5.41) is 18.4. The van der Waals surface area contributed by atoms with Gasteiger partial charge in [-0.3, -0.25) is 10.1 Å². The Morgan fingerprint density at radius 3 is 1.18 bits per heavy atom. The van der Waals surface area contributed by atoms with Gasteiger partial charge in [-0.15, -0.1) is 32.9 Å². The molecular weight excluding hydrogens is 605 g/mol. The summed E-state index contributed by atoms with van der Waals surface area (Å²) in [6.07, 6.45) is 12.3. The van der Waals surface area contributed by atoms with E-state index in [4.69, 9.17) is 0 Å². The van der Waals surface area contributed by atoms with Gasteiger partial charge < -0.3 is 8.94 Å². The average Bonchev–Trinajstić information content (AvgIpc) is 3.78. The molecule has 0 radical (unpaired) electrons. The van der Waals surface area contributed by atoms with Crippen LogP contribution in [0.3, 0.4) is 0 Å². The van der Waals surface area contributed by atoms with Gasteiger partial charge in [0, 0.05) is 24.0 Å². The first-order valence-corrected chi connectivity index (χ1v) is 17.0. The summed E-state index contributed by atoms with van der Waals surface area (Å²) in [6.45, 7) is 32.5. The molecule has 0 saturated heterocycles. The minimum atomic E-state index is 0.833. The van der Waals surface area contributed by atoms with Crippen LogP contribution >= 0.6 is 22.7 Å². The first kappa shape index (κ1) is 51.3. The van der Waals surface area contributed by atoms with Crippen molar-refractivity contribution < 1.29 is 8.94 Å². The van der Waals surface area contributed by atoms with Gasteiger partial charge in [0.1, 0.15) is 17.3 Å². The second kappa shape index (κ2) is 47.7. The summed E-state index contributed by atoms with van der Waals surface area (Å²) in [7, 11) is 0. The van der Waals surface area contributed by atoms with E-state index in [9.17, 15) is 0 Å². The van der Waals surface area contributed by atoms with Crippen molar-refractivity contribution in [1.82, 2.24) is 40.5 Å². The second-order valence-corrected chi connectivity index (χ2v) is 13.4. The number of hydrogen-bond acceptors (Lipinski definition) is 11. The highest BCUT2D eigenvalue weighted by molar-refractivity contribution is 7.07. The lowest BCUT2D eigenvalue weighted by atomic mass is 10.3. The highest BCUT2D eigenvalue weighted by Crippen LogP contribution is 1.86. The molecule has 0 fully saturated rings. The molecule has 0 aliphatic carbocycles. The summed E-state index contributed by atoms with van der Waals surface area (Å²) in [6, 6.07) is 1.83. The number of nitrogens with one attached hydrogen (secondary N) is 1. The Morgan fingerprint density at radius 2 is 1.07 bits per heavy atom. The number of nitrogens with zero attached hydrogens (tertiary/aromatic N) is 7. The minimum absolute atomic E-state index is 0.833. The van der Waals surface area contributed by atoms with Crippen molar-refractivity contribution in [3.8, 4) is 0 Å². The van der Waals surface area contributed by atoms with Crippen LogP contribution in [0.4, 0.5) is 0 Å². The molecule has 260 valence electrons. The summed E-state index contributed by atoms with van der Waals surface area (Å²) in [5.41, 5.74) is 5.15. The molecule has 0 aliphatic rings. The van der Waals surface area contributed by atoms with Gasteiger partial charge in [0.05, 0.1) is 11.7 Å². The molecule has 5 rings (SSSR count). The van der Waals surface area contributed by atoms with Gasteiger partial charge in [0.2, 0.25) is 6.39 Å². The molecule has 10 nitrogen and oxygen atoms in total. The zero-order valence-electron chi connectivity index (χ0n) is 30.7. The van der Waals surface area contributed by atoms with Crippen LogP contribution < -0.4 is 0 Å². The lowest BCUT2D eigenvalue weighted by molar-refractivity contribution is 0.416. The minimum Gasteiger partial charge on any atom is -0.452 e. The molecule has 1 N–H and O–H groups in total. The third kappa shape index (κ3) is 129. The van der Waals surface area contributed by atoms with Gasteiger partial charge in [-0.05, 0) is 35.7 Å². The van der Waals surface area contributed by atoms with Gasteiger partial charge in [-0.25, -0.2) is 9.97 Å². The highest BCUT2D eigenvalue weighted by atomic mass is 32.1. The number of aromatic nitrogens is 8. The van der Waals surface area contributed by atoms with Crippen molar-refractivity contribution in [3.63, 3.8) is 0 Å². The molecule has 0 saturated carbocycles. The monoisotopic (exact) mass is 668 g/mol. The van der Waals surface area contributed by atoms with E-state index in [2.05, 4.69) is 153 Å². The summed E-state index contributed by atoms with van der Waals surface area (Å²) in [4.78, 5) is 10.7. The Bertz CT molecular complexity index is 658. The van der Waals surface area contributed by atoms with E-state index >= 15 is 0 Å². The fourth-order valence-corrected chi connectivity index (χ4v) is 1.46. The van der Waals surface area contributed by atoms with E-state index in [0.717, 1.165) is 29.6 Å². The first-order valence-electron chi connectivity index (χ1n) is 15.1. The SMILES string of the molecule is CC(C)C.CC(C)C.CC(C)C.CC(C)C.CC(C)C.c1cn[nH]c1.c1cocn1.c1cscn1.c1ncon1.c1nncs1. The number of hydrogen-bond donors (Lipinski definition) is 1. The van der Waals surface area contributed by atoms with E-state index in [1.807, 2.05) is 11.4 Å². The molecule has 0 aromatic carbocycles. The van der Waals surface area contributed by atoms with Crippen LogP contribution in [0.5, 0.6) is 0 Å². The topological polar surface area (TPSA) is 132 Å². The van der Waals surface area contributed by atoms with Gasteiger partial charge >= 0.3 is 0 Å². The molecule has 45 heavy (non-hydrogen) atoms. The van der Waals surface area contributed by atoms with Gasteiger partial charge in [-0.2, -0.15) is 5.10 Å². The predicted octanol–water partition coefficient (Wildman–Crippen LogP) is 11.1. The standard InChI is InChI=1S/5C4H10.C3H4N2.C3H3NO.C3H3NS.C2H2N2O.C2H2N2S/c5*1-4(2)3;1-2-4-5-3-1;2*1-2-5-3-4-1;1-3-2-5-4-1;1-3-4-2-5-1/h5*4H,1-3H3;1-3H,(H,4,5);2*1-3H;2*1-2H. The second-order valence-electron chi connectivity index (χ2n) is 11.9. The molecule has 0 atom stereocenters. The van der Waals surface area contributed by atoms with Crippen LogP contribution in [0, 0.1) is 29.6 Å². The number of thiazole rings is 1. The fourth-order valence-electron chi connectivity index (χ4n) is 0.839. The van der Waals surface area contributed by atoms with Crippen molar-refractivity contribution >= 4 is 22.7 Å². The van der Waals surface area contributed by atoms with E-state index in [1.54, 1.807) is 52.7 Å². The van der Waals surface area contributed by atoms with E-state index in [-0.39, 0.29) is 0 Å². The number of aromatic amines is 1. The maximum atomic E-state index is 4.47. The maximum Gasteiger partial charge on any atom is 0.213 e. The lowest BCUT2D eigenvalue weighted by Crippen LogP contribution is -1.66. The predicted molar refractivity (Wildman–Crippen MR) is 194 cm³/mol. The Hall–Kier alpha value is -3.25. The van der Waals surface area contributed by atoms with E-state index < -0.39 is 0 Å². The third-order valence-corrected chi connectivity index (χ3v) is 2.62. The van der Waals surface area contributed by atoms with Crippen LogP contribution in [0.15, 0.2) is 87.1 Å². The molecule has 0 amide bonds. The Balaban J connectivity index is -0.000000132. The van der Waals surface area contributed by atoms with Crippen molar-refractivity contribution in [3.05, 3.63) is 78.1 Å². The van der Waals surface area contributed by atoms with E-state index in [1.165, 1.54) is 36.7 Å². The summed E-state index contributed by atoms with van der Waals surface area (Å²) in [5.74, 6) is 4.17. The van der Waals surface area contributed by atoms with Crippen LogP contribution in [0.1, 0.15) is 104 Å². The smallest absolute Gasteiger partial charge is 0.213 e. The quantitative estimate of drug-likeness (QED) is 0.171. The molecule has 0 unspecified atom stereocenters. The first-order chi connectivity index (χ1) is 21.2. The van der Waals surface area contributed by atoms with Gasteiger partial charge in [0.15, 0.2) is 12.7 Å². The molecule has 5 heterocycles. The normalized spacial score (nSPS) is 8.44. The summed E-state index contributed by atoms with van der Waals surface area (Å²) >= 11 is 3.09. The zero-order chi connectivity index (χ0) is 35.6. The molecule has 5 aromatic heterocycles. The number of rotatable bonds is 0. The molecular formula is C33H64N8O2S2. The maximum absolute atomic E-state index is 4.47. The third-order valence-electron chi connectivity index (χ3n) is 1.67. The van der Waals surface area contributed by atoms with Crippen LogP contribution in [-0.4, -0.2) is 40.5 Å². The molecule has 5 aromatic rings. The van der Waals surface area contributed by atoms with Crippen LogP contribution in [-0.2, 0) is 0 Å². The zero-order valence-corrected chi connectivity index (χ0v) is 32.3. The lowest BCUT2D eigenvalue weighted by Gasteiger charge is -1.79. The Kier molecular flexibility index (Phi) is 54.4. The fraction of sp³-hybridized carbons (Fsp3) is 0.606. The molecule has 0 spiro atoms. The molecule has 0 aliphatic heterocycles. The molecule has 0 bridgehead atoms. The van der Waals surface area contributed by atoms with E-state index in [0.29, 0.717) is 0 Å². The van der Waals surface area contributed by atoms with Crippen LogP contribution in [0.2, 0.25) is 0 Å². The van der Waals surface area contributed by atoms with Crippen molar-refractivity contribution in [2.75, 3.05) is 0 Å². The number of oxazole rings is 1. The van der Waals surface area contributed by atoms with Gasteiger partial charge in [0.25, 0.3) is 0 Å². The Morgan fingerprint density at radius 1 is 0.556 bits per heavy atom. The number of H-pyrrole nitrogens is 1. The van der Waals surface area contributed by atoms with Gasteiger partial charge in [-0.1, -0.05) is 109 Å². The largest absolute Gasteiger partial charge is 0.452 e.